The first-order chi connectivity index (χ1) is 9.29. The van der Waals surface area contributed by atoms with Gasteiger partial charge in [-0.25, -0.2) is 9.97 Å². The smallest absolute Gasteiger partial charge is 0.163 e. The van der Waals surface area contributed by atoms with E-state index in [2.05, 4.69) is 17.2 Å². The Labute approximate surface area is 112 Å². The standard InChI is InChI=1S/C15H17N3O/c1-10-11-7-8-16-9-13(11)18-15(17-10)12-5-3-4-6-14(12)19-2/h3-6,16H,7-9H2,1-2H3. The molecule has 0 bridgehead atoms. The highest BCUT2D eigenvalue weighted by molar-refractivity contribution is 5.64. The molecule has 1 N–H and O–H groups in total. The Kier molecular flexibility index (Phi) is 3.17. The van der Waals surface area contributed by atoms with E-state index in [1.807, 2.05) is 24.3 Å². The van der Waals surface area contributed by atoms with Crippen LogP contribution >= 0.6 is 0 Å². The van der Waals surface area contributed by atoms with Gasteiger partial charge in [0.2, 0.25) is 0 Å². The van der Waals surface area contributed by atoms with Crippen LogP contribution in [0.1, 0.15) is 17.0 Å². The number of fused-ring (bicyclic) bond motifs is 1. The molecule has 0 saturated heterocycles. The number of nitrogens with zero attached hydrogens (tertiary/aromatic N) is 2. The first kappa shape index (κ1) is 12.1. The molecule has 0 spiro atoms. The maximum Gasteiger partial charge on any atom is 0.163 e. The number of rotatable bonds is 2. The Hall–Kier alpha value is -1.94. The van der Waals surface area contributed by atoms with Crippen molar-refractivity contribution in [2.75, 3.05) is 13.7 Å². The van der Waals surface area contributed by atoms with Crippen LogP contribution in [0.25, 0.3) is 11.4 Å². The van der Waals surface area contributed by atoms with Crippen molar-refractivity contribution in [1.29, 1.82) is 0 Å². The largest absolute Gasteiger partial charge is 0.496 e. The van der Waals surface area contributed by atoms with E-state index in [1.165, 1.54) is 5.56 Å². The first-order valence-electron chi connectivity index (χ1n) is 6.50. The third kappa shape index (κ3) is 2.19. The third-order valence-corrected chi connectivity index (χ3v) is 3.49. The molecular formula is C15H17N3O. The average molecular weight is 255 g/mol. The van der Waals surface area contributed by atoms with Crippen LogP contribution in [0.2, 0.25) is 0 Å². The molecule has 1 aliphatic rings. The molecule has 1 aromatic carbocycles. The van der Waals surface area contributed by atoms with E-state index >= 15 is 0 Å². The minimum atomic E-state index is 0.748. The van der Waals surface area contributed by atoms with E-state index in [0.717, 1.165) is 48.0 Å². The molecule has 0 saturated carbocycles. The van der Waals surface area contributed by atoms with Gasteiger partial charge < -0.3 is 10.1 Å². The molecule has 2 aromatic rings. The van der Waals surface area contributed by atoms with E-state index in [1.54, 1.807) is 7.11 Å². The van der Waals surface area contributed by atoms with Crippen LogP contribution in [0.5, 0.6) is 5.75 Å². The lowest BCUT2D eigenvalue weighted by Crippen LogP contribution is -2.26. The van der Waals surface area contributed by atoms with Gasteiger partial charge in [-0.1, -0.05) is 12.1 Å². The topological polar surface area (TPSA) is 47.0 Å². The Bertz CT molecular complexity index is 610. The van der Waals surface area contributed by atoms with Gasteiger partial charge in [0.15, 0.2) is 5.82 Å². The lowest BCUT2D eigenvalue weighted by molar-refractivity contribution is 0.416. The summed E-state index contributed by atoms with van der Waals surface area (Å²) in [5.74, 6) is 1.56. The molecule has 98 valence electrons. The number of hydrogen-bond acceptors (Lipinski definition) is 4. The normalized spacial score (nSPS) is 14.0. The summed E-state index contributed by atoms with van der Waals surface area (Å²) in [7, 11) is 1.67. The maximum atomic E-state index is 5.39. The third-order valence-electron chi connectivity index (χ3n) is 3.49. The summed E-state index contributed by atoms with van der Waals surface area (Å²) in [6, 6.07) is 7.87. The average Bonchev–Trinajstić information content (AvgIpc) is 2.47. The Morgan fingerprint density at radius 2 is 2.05 bits per heavy atom. The molecule has 0 fully saturated rings. The van der Waals surface area contributed by atoms with Crippen LogP contribution in [0.4, 0.5) is 0 Å². The van der Waals surface area contributed by atoms with Gasteiger partial charge in [-0.05, 0) is 37.6 Å². The molecule has 0 radical (unpaired) electrons. The highest BCUT2D eigenvalue weighted by Crippen LogP contribution is 2.28. The van der Waals surface area contributed by atoms with Crippen molar-refractivity contribution in [3.63, 3.8) is 0 Å². The summed E-state index contributed by atoms with van der Waals surface area (Å²) in [6.45, 7) is 3.89. The number of benzene rings is 1. The zero-order chi connectivity index (χ0) is 13.2. The van der Waals surface area contributed by atoms with Crippen molar-refractivity contribution in [3.05, 3.63) is 41.2 Å². The highest BCUT2D eigenvalue weighted by atomic mass is 16.5. The summed E-state index contributed by atoms with van der Waals surface area (Å²) in [4.78, 5) is 9.35. The predicted molar refractivity (Wildman–Crippen MR) is 74.2 cm³/mol. The highest BCUT2D eigenvalue weighted by Gasteiger charge is 2.17. The molecule has 0 amide bonds. The number of hydrogen-bond donors (Lipinski definition) is 1. The van der Waals surface area contributed by atoms with Gasteiger partial charge in [0.25, 0.3) is 0 Å². The van der Waals surface area contributed by atoms with Crippen molar-refractivity contribution in [2.24, 2.45) is 0 Å². The summed E-state index contributed by atoms with van der Waals surface area (Å²) in [5.41, 5.74) is 4.42. The molecule has 0 aliphatic carbocycles. The van der Waals surface area contributed by atoms with Gasteiger partial charge in [0.1, 0.15) is 5.75 Å². The van der Waals surface area contributed by atoms with Gasteiger partial charge in [0, 0.05) is 12.2 Å². The fraction of sp³-hybridized carbons (Fsp3) is 0.333. The minimum absolute atomic E-state index is 0.748. The molecule has 0 unspecified atom stereocenters. The van der Waals surface area contributed by atoms with Crippen molar-refractivity contribution >= 4 is 0 Å². The lowest BCUT2D eigenvalue weighted by Gasteiger charge is -2.19. The second-order valence-corrected chi connectivity index (χ2v) is 4.68. The molecule has 4 heteroatoms. The molecule has 19 heavy (non-hydrogen) atoms. The molecular weight excluding hydrogens is 238 g/mol. The van der Waals surface area contributed by atoms with E-state index in [-0.39, 0.29) is 0 Å². The van der Waals surface area contributed by atoms with E-state index in [4.69, 9.17) is 9.72 Å². The van der Waals surface area contributed by atoms with E-state index < -0.39 is 0 Å². The van der Waals surface area contributed by atoms with Crippen molar-refractivity contribution < 1.29 is 4.74 Å². The van der Waals surface area contributed by atoms with E-state index in [9.17, 15) is 0 Å². The summed E-state index contributed by atoms with van der Waals surface area (Å²) in [5, 5.41) is 3.35. The minimum Gasteiger partial charge on any atom is -0.496 e. The SMILES string of the molecule is COc1ccccc1-c1nc(C)c2c(n1)CNCC2. The van der Waals surface area contributed by atoms with Crippen LogP contribution in [0, 0.1) is 6.92 Å². The number of aromatic nitrogens is 2. The van der Waals surface area contributed by atoms with Crippen molar-refractivity contribution in [3.8, 4) is 17.1 Å². The van der Waals surface area contributed by atoms with E-state index in [0.29, 0.717) is 0 Å². The van der Waals surface area contributed by atoms with Crippen LogP contribution < -0.4 is 10.1 Å². The fourth-order valence-electron chi connectivity index (χ4n) is 2.50. The van der Waals surface area contributed by atoms with Crippen molar-refractivity contribution in [2.45, 2.75) is 19.9 Å². The second kappa shape index (κ2) is 4.97. The lowest BCUT2D eigenvalue weighted by atomic mass is 10.0. The molecule has 0 atom stereocenters. The second-order valence-electron chi connectivity index (χ2n) is 4.68. The maximum absolute atomic E-state index is 5.39. The monoisotopic (exact) mass is 255 g/mol. The molecule has 1 aromatic heterocycles. The van der Waals surface area contributed by atoms with Crippen LogP contribution in [0.15, 0.2) is 24.3 Å². The van der Waals surface area contributed by atoms with Crippen LogP contribution in [-0.4, -0.2) is 23.6 Å². The first-order valence-corrected chi connectivity index (χ1v) is 6.50. The zero-order valence-electron chi connectivity index (χ0n) is 11.2. The van der Waals surface area contributed by atoms with Crippen LogP contribution in [-0.2, 0) is 13.0 Å². The molecule has 2 heterocycles. The molecule has 4 nitrogen and oxygen atoms in total. The summed E-state index contributed by atoms with van der Waals surface area (Å²) >= 11 is 0. The van der Waals surface area contributed by atoms with Gasteiger partial charge in [-0.3, -0.25) is 0 Å². The van der Waals surface area contributed by atoms with Gasteiger partial charge in [-0.2, -0.15) is 0 Å². The fourth-order valence-corrected chi connectivity index (χ4v) is 2.50. The number of nitrogens with one attached hydrogen (secondary N) is 1. The Morgan fingerprint density at radius 3 is 2.89 bits per heavy atom. The summed E-state index contributed by atoms with van der Waals surface area (Å²) in [6.07, 6.45) is 1.01. The number of methoxy groups -OCH3 is 1. The van der Waals surface area contributed by atoms with Gasteiger partial charge in [-0.15, -0.1) is 0 Å². The quantitative estimate of drug-likeness (QED) is 0.892. The van der Waals surface area contributed by atoms with Crippen LogP contribution in [0.3, 0.4) is 0 Å². The Morgan fingerprint density at radius 1 is 1.21 bits per heavy atom. The number of aryl methyl sites for hydroxylation is 1. The zero-order valence-corrected chi connectivity index (χ0v) is 11.2. The molecule has 1 aliphatic heterocycles. The number of ether oxygens (including phenoxy) is 1. The summed E-state index contributed by atoms with van der Waals surface area (Å²) < 4.78 is 5.39. The predicted octanol–water partition coefficient (Wildman–Crippen LogP) is 2.11. The number of para-hydroxylation sites is 1. The van der Waals surface area contributed by atoms with Crippen molar-refractivity contribution in [1.82, 2.24) is 15.3 Å². The Balaban J connectivity index is 2.13. The molecule has 3 rings (SSSR count). The van der Waals surface area contributed by atoms with Gasteiger partial charge in [0.05, 0.1) is 18.4 Å². The van der Waals surface area contributed by atoms with Gasteiger partial charge >= 0.3 is 0 Å².